The molecular weight excluding hydrogens is 354 g/mol. The monoisotopic (exact) mass is 365 g/mol. The van der Waals surface area contributed by atoms with Crippen LogP contribution in [0.25, 0.3) is 10.6 Å². The van der Waals surface area contributed by atoms with Gasteiger partial charge in [-0.25, -0.2) is 0 Å². The molecule has 3 heterocycles. The van der Waals surface area contributed by atoms with Crippen LogP contribution in [0.2, 0.25) is 0 Å². The van der Waals surface area contributed by atoms with E-state index in [0.717, 1.165) is 16.1 Å². The van der Waals surface area contributed by atoms with Crippen LogP contribution in [-0.2, 0) is 0 Å². The number of thiophene rings is 1. The average molecular weight is 366 g/mol. The fraction of sp³-hybridized carbons (Fsp3) is 0.143. The van der Waals surface area contributed by atoms with Crippen molar-refractivity contribution in [1.82, 2.24) is 10.2 Å². The predicted octanol–water partition coefficient (Wildman–Crippen LogP) is 4.36. The Bertz CT molecular complexity index is 803. The van der Waals surface area contributed by atoms with Crippen LogP contribution in [0.15, 0.2) is 33.4 Å². The molecule has 0 aromatic carbocycles. The van der Waals surface area contributed by atoms with E-state index in [1.165, 1.54) is 4.88 Å². The van der Waals surface area contributed by atoms with E-state index in [9.17, 15) is 4.79 Å². The number of rotatable bonds is 3. The van der Waals surface area contributed by atoms with Crippen LogP contribution in [0.3, 0.4) is 0 Å². The Morgan fingerprint density at radius 3 is 2.81 bits per heavy atom. The van der Waals surface area contributed by atoms with Crippen LogP contribution in [0, 0.1) is 13.8 Å². The van der Waals surface area contributed by atoms with Gasteiger partial charge in [0, 0.05) is 16.5 Å². The summed E-state index contributed by atoms with van der Waals surface area (Å²) in [6.07, 6.45) is 0. The molecule has 3 aromatic heterocycles. The Balaban J connectivity index is 1.78. The van der Waals surface area contributed by atoms with Gasteiger partial charge in [0.2, 0.25) is 0 Å². The largest absolute Gasteiger partial charge is 0.444 e. The van der Waals surface area contributed by atoms with Crippen LogP contribution in [-0.4, -0.2) is 16.1 Å². The highest BCUT2D eigenvalue weighted by molar-refractivity contribution is 9.10. The Labute approximate surface area is 133 Å². The number of hydrogen-bond acceptors (Lipinski definition) is 4. The molecule has 7 heteroatoms. The molecule has 3 rings (SSSR count). The van der Waals surface area contributed by atoms with E-state index < -0.39 is 0 Å². The van der Waals surface area contributed by atoms with Crippen molar-refractivity contribution in [3.63, 3.8) is 0 Å². The molecular formula is C14H12BrN3O2S. The summed E-state index contributed by atoms with van der Waals surface area (Å²) in [6.45, 7) is 3.86. The third-order valence-corrected chi connectivity index (χ3v) is 4.34. The lowest BCUT2D eigenvalue weighted by atomic mass is 10.2. The molecule has 0 bridgehead atoms. The first-order valence-electron chi connectivity index (χ1n) is 6.22. The molecule has 2 N–H and O–H groups in total. The van der Waals surface area contributed by atoms with E-state index in [4.69, 9.17) is 4.42 Å². The van der Waals surface area contributed by atoms with Crippen LogP contribution >= 0.6 is 27.3 Å². The Hall–Kier alpha value is -1.86. The zero-order chi connectivity index (χ0) is 15.0. The van der Waals surface area contributed by atoms with Gasteiger partial charge in [-0.1, -0.05) is 0 Å². The lowest BCUT2D eigenvalue weighted by molar-refractivity contribution is 0.0994. The second-order valence-corrected chi connectivity index (χ2v) is 6.66. The van der Waals surface area contributed by atoms with Gasteiger partial charge in [-0.3, -0.25) is 9.89 Å². The van der Waals surface area contributed by atoms with Gasteiger partial charge >= 0.3 is 0 Å². The number of aromatic nitrogens is 2. The van der Waals surface area contributed by atoms with Gasteiger partial charge in [0.25, 0.3) is 5.91 Å². The van der Waals surface area contributed by atoms with Crippen molar-refractivity contribution < 1.29 is 9.21 Å². The van der Waals surface area contributed by atoms with Crippen LogP contribution in [0.5, 0.6) is 0 Å². The number of furan rings is 1. The Kier molecular flexibility index (Phi) is 3.69. The van der Waals surface area contributed by atoms with Crippen molar-refractivity contribution in [1.29, 1.82) is 0 Å². The number of amides is 1. The minimum absolute atomic E-state index is 0.276. The molecule has 0 atom stereocenters. The summed E-state index contributed by atoms with van der Waals surface area (Å²) in [6, 6.07) is 7.62. The number of aryl methyl sites for hydroxylation is 2. The van der Waals surface area contributed by atoms with Gasteiger partial charge in [0.05, 0.1) is 10.6 Å². The fourth-order valence-corrected chi connectivity index (χ4v) is 3.27. The molecule has 0 aliphatic heterocycles. The lowest BCUT2D eigenvalue weighted by Gasteiger charge is -1.98. The summed E-state index contributed by atoms with van der Waals surface area (Å²) in [5.41, 5.74) is 1.64. The Morgan fingerprint density at radius 2 is 2.19 bits per heavy atom. The number of carbonyl (C=O) groups excluding carboxylic acids is 1. The van der Waals surface area contributed by atoms with Crippen molar-refractivity contribution in [3.05, 3.63) is 45.1 Å². The fourth-order valence-electron chi connectivity index (χ4n) is 1.93. The lowest BCUT2D eigenvalue weighted by Crippen LogP contribution is -2.12. The highest BCUT2D eigenvalue weighted by Crippen LogP contribution is 2.27. The van der Waals surface area contributed by atoms with Gasteiger partial charge in [-0.05, 0) is 48.0 Å². The predicted molar refractivity (Wildman–Crippen MR) is 85.7 cm³/mol. The summed E-state index contributed by atoms with van der Waals surface area (Å²) < 4.78 is 5.84. The van der Waals surface area contributed by atoms with Gasteiger partial charge in [0.1, 0.15) is 0 Å². The molecule has 3 aromatic rings. The van der Waals surface area contributed by atoms with E-state index >= 15 is 0 Å². The summed E-state index contributed by atoms with van der Waals surface area (Å²) >= 11 is 4.87. The minimum atomic E-state index is -0.321. The maximum absolute atomic E-state index is 12.1. The maximum Gasteiger partial charge on any atom is 0.292 e. The number of H-pyrrole nitrogens is 1. The number of carbonyl (C=O) groups is 1. The molecule has 0 saturated carbocycles. The number of aromatic amines is 1. The van der Waals surface area contributed by atoms with E-state index in [1.807, 2.05) is 26.0 Å². The molecule has 0 spiro atoms. The maximum atomic E-state index is 12.1. The second kappa shape index (κ2) is 5.50. The van der Waals surface area contributed by atoms with Crippen molar-refractivity contribution in [2.24, 2.45) is 0 Å². The first-order valence-corrected chi connectivity index (χ1v) is 7.83. The van der Waals surface area contributed by atoms with Crippen molar-refractivity contribution >= 4 is 39.0 Å². The first-order chi connectivity index (χ1) is 10.0. The first kappa shape index (κ1) is 14.1. The topological polar surface area (TPSA) is 70.9 Å². The van der Waals surface area contributed by atoms with Gasteiger partial charge in [0.15, 0.2) is 16.2 Å². The summed E-state index contributed by atoms with van der Waals surface area (Å²) in [4.78, 5) is 14.4. The van der Waals surface area contributed by atoms with Gasteiger partial charge < -0.3 is 9.73 Å². The molecule has 0 aliphatic carbocycles. The van der Waals surface area contributed by atoms with Gasteiger partial charge in [-0.15, -0.1) is 11.3 Å². The number of hydrogen-bond donors (Lipinski definition) is 2. The van der Waals surface area contributed by atoms with Crippen LogP contribution in [0.1, 0.15) is 21.0 Å². The summed E-state index contributed by atoms with van der Waals surface area (Å²) in [5, 5.41) is 9.74. The number of nitrogens with one attached hydrogen (secondary N) is 2. The molecule has 1 amide bonds. The zero-order valence-corrected chi connectivity index (χ0v) is 13.8. The third-order valence-electron chi connectivity index (χ3n) is 2.92. The number of nitrogens with zero attached hydrogens (tertiary/aromatic N) is 1. The zero-order valence-electron chi connectivity index (χ0n) is 11.4. The van der Waals surface area contributed by atoms with Gasteiger partial charge in [-0.2, -0.15) is 5.10 Å². The summed E-state index contributed by atoms with van der Waals surface area (Å²) in [7, 11) is 0. The summed E-state index contributed by atoms with van der Waals surface area (Å²) in [5.74, 6) is 0.421. The molecule has 0 saturated heterocycles. The van der Waals surface area contributed by atoms with Crippen molar-refractivity contribution in [2.75, 3.05) is 5.32 Å². The average Bonchev–Trinajstić information content (AvgIpc) is 3.10. The normalized spacial score (nSPS) is 10.8. The molecule has 0 fully saturated rings. The number of halogens is 1. The third kappa shape index (κ3) is 2.93. The number of anilines is 1. The standard InChI is InChI=1S/C14H12BrN3O2S/c1-7-5-11(15)20-13(7)14(19)16-12-6-9(17-18-12)10-4-3-8(2)21-10/h3-6H,1-2H3,(H2,16,17,18,19). The Morgan fingerprint density at radius 1 is 1.38 bits per heavy atom. The highest BCUT2D eigenvalue weighted by Gasteiger charge is 2.16. The van der Waals surface area contributed by atoms with Crippen LogP contribution < -0.4 is 5.32 Å². The van der Waals surface area contributed by atoms with E-state index in [0.29, 0.717) is 10.5 Å². The van der Waals surface area contributed by atoms with Crippen molar-refractivity contribution in [3.8, 4) is 10.6 Å². The molecule has 0 unspecified atom stereocenters. The quantitative estimate of drug-likeness (QED) is 0.723. The molecule has 108 valence electrons. The molecule has 5 nitrogen and oxygen atoms in total. The molecule has 0 radical (unpaired) electrons. The molecule has 21 heavy (non-hydrogen) atoms. The van der Waals surface area contributed by atoms with Crippen LogP contribution in [0.4, 0.5) is 5.82 Å². The minimum Gasteiger partial charge on any atom is -0.444 e. The van der Waals surface area contributed by atoms with Crippen molar-refractivity contribution in [2.45, 2.75) is 13.8 Å². The SMILES string of the molecule is Cc1ccc(-c2cc(NC(=O)c3oc(Br)cc3C)n[nH]2)s1. The molecule has 0 aliphatic rings. The highest BCUT2D eigenvalue weighted by atomic mass is 79.9. The second-order valence-electron chi connectivity index (χ2n) is 4.59. The van der Waals surface area contributed by atoms with E-state index in [1.54, 1.807) is 23.5 Å². The smallest absolute Gasteiger partial charge is 0.292 e. The van der Waals surface area contributed by atoms with E-state index in [2.05, 4.69) is 31.4 Å². The van der Waals surface area contributed by atoms with E-state index in [-0.39, 0.29) is 11.7 Å².